The lowest BCUT2D eigenvalue weighted by atomic mass is 10.1. The molecule has 1 aromatic heterocycles. The number of ether oxygens (including phenoxy) is 1. The molecular weight excluding hydrogens is 346 g/mol. The molecule has 0 aliphatic heterocycles. The molecule has 0 radical (unpaired) electrons. The Kier molecular flexibility index (Phi) is 7.24. The predicted octanol–water partition coefficient (Wildman–Crippen LogP) is 3.83. The molecule has 5 nitrogen and oxygen atoms in total. The van der Waals surface area contributed by atoms with Gasteiger partial charge in [0.25, 0.3) is 5.91 Å². The minimum atomic E-state index is -0.393. The summed E-state index contributed by atoms with van der Waals surface area (Å²) in [4.78, 5) is 15.5. The molecule has 6 heteroatoms. The second kappa shape index (κ2) is 9.64. The van der Waals surface area contributed by atoms with Crippen molar-refractivity contribution in [1.82, 2.24) is 5.32 Å². The molecule has 2 rings (SSSR count). The van der Waals surface area contributed by atoms with Crippen molar-refractivity contribution in [2.75, 3.05) is 25.1 Å². The van der Waals surface area contributed by atoms with Gasteiger partial charge in [-0.2, -0.15) is 5.26 Å². The van der Waals surface area contributed by atoms with Gasteiger partial charge in [-0.15, -0.1) is 11.3 Å². The summed E-state index contributed by atoms with van der Waals surface area (Å²) in [5.74, 6) is 0.240. The molecule has 0 atom stereocenters. The number of carbonyl (C=O) groups is 1. The number of benzene rings is 1. The lowest BCUT2D eigenvalue weighted by molar-refractivity contribution is -0.117. The van der Waals surface area contributed by atoms with Crippen LogP contribution in [-0.2, 0) is 11.3 Å². The van der Waals surface area contributed by atoms with E-state index in [-0.39, 0.29) is 5.57 Å². The highest BCUT2D eigenvalue weighted by molar-refractivity contribution is 7.09. The van der Waals surface area contributed by atoms with Crippen LogP contribution in [0.4, 0.5) is 5.69 Å². The van der Waals surface area contributed by atoms with Crippen molar-refractivity contribution in [3.63, 3.8) is 0 Å². The van der Waals surface area contributed by atoms with Crippen LogP contribution in [0.1, 0.15) is 24.3 Å². The van der Waals surface area contributed by atoms with E-state index in [9.17, 15) is 10.1 Å². The summed E-state index contributed by atoms with van der Waals surface area (Å²) in [6.45, 7) is 6.38. The predicted molar refractivity (Wildman–Crippen MR) is 106 cm³/mol. The minimum absolute atomic E-state index is 0.0513. The molecule has 0 aliphatic rings. The third-order valence-corrected chi connectivity index (χ3v) is 4.89. The summed E-state index contributed by atoms with van der Waals surface area (Å²) in [7, 11) is 1.58. The molecular formula is C20H23N3O2S. The molecule has 26 heavy (non-hydrogen) atoms. The van der Waals surface area contributed by atoms with Crippen LogP contribution in [-0.4, -0.2) is 26.1 Å². The molecule has 1 N–H and O–H groups in total. The average Bonchev–Trinajstić information content (AvgIpc) is 3.19. The molecule has 2 aromatic rings. The standard InChI is InChI=1S/C20H23N3O2S/c1-4-23(5-2)17-9-8-15(19(12-17)25-3)11-16(13-21)20(24)22-14-18-7-6-10-26-18/h6-12H,4-5,14H2,1-3H3,(H,22,24)/b16-11+. The summed E-state index contributed by atoms with van der Waals surface area (Å²) < 4.78 is 5.46. The van der Waals surface area contributed by atoms with Gasteiger partial charge in [-0.3, -0.25) is 4.79 Å². The number of carbonyl (C=O) groups excluding carboxylic acids is 1. The smallest absolute Gasteiger partial charge is 0.262 e. The van der Waals surface area contributed by atoms with Gasteiger partial charge in [0.1, 0.15) is 17.4 Å². The van der Waals surface area contributed by atoms with E-state index in [0.717, 1.165) is 23.7 Å². The fourth-order valence-corrected chi connectivity index (χ4v) is 3.23. The van der Waals surface area contributed by atoms with Gasteiger partial charge < -0.3 is 15.0 Å². The molecule has 1 amide bonds. The zero-order chi connectivity index (χ0) is 18.9. The maximum atomic E-state index is 12.3. The Morgan fingerprint density at radius 3 is 2.69 bits per heavy atom. The van der Waals surface area contributed by atoms with E-state index in [4.69, 9.17) is 4.74 Å². The highest BCUT2D eigenvalue weighted by Crippen LogP contribution is 2.27. The summed E-state index contributed by atoms with van der Waals surface area (Å²) in [6, 6.07) is 11.6. The third-order valence-electron chi connectivity index (χ3n) is 4.01. The third kappa shape index (κ3) is 4.87. The first kappa shape index (κ1) is 19.5. The van der Waals surface area contributed by atoms with Gasteiger partial charge in [0.2, 0.25) is 0 Å². The van der Waals surface area contributed by atoms with Crippen LogP contribution in [0, 0.1) is 11.3 Å². The number of amides is 1. The van der Waals surface area contributed by atoms with E-state index in [1.54, 1.807) is 24.5 Å². The maximum absolute atomic E-state index is 12.3. The summed E-state index contributed by atoms with van der Waals surface area (Å²) in [6.07, 6.45) is 1.56. The second-order valence-corrected chi connectivity index (χ2v) is 6.56. The largest absolute Gasteiger partial charge is 0.496 e. The Labute approximate surface area is 158 Å². The fraction of sp³-hybridized carbons (Fsp3) is 0.300. The Morgan fingerprint density at radius 1 is 1.35 bits per heavy atom. The van der Waals surface area contributed by atoms with Crippen molar-refractivity contribution in [2.45, 2.75) is 20.4 Å². The van der Waals surface area contributed by atoms with Crippen molar-refractivity contribution >= 4 is 29.0 Å². The lowest BCUT2D eigenvalue weighted by Crippen LogP contribution is -2.23. The zero-order valence-corrected chi connectivity index (χ0v) is 16.1. The van der Waals surface area contributed by atoms with Crippen molar-refractivity contribution in [1.29, 1.82) is 5.26 Å². The minimum Gasteiger partial charge on any atom is -0.496 e. The van der Waals surface area contributed by atoms with Gasteiger partial charge in [0, 0.05) is 35.3 Å². The van der Waals surface area contributed by atoms with Crippen LogP contribution in [0.15, 0.2) is 41.3 Å². The number of hydrogen-bond donors (Lipinski definition) is 1. The van der Waals surface area contributed by atoms with E-state index in [1.165, 1.54) is 0 Å². The lowest BCUT2D eigenvalue weighted by Gasteiger charge is -2.22. The first-order valence-electron chi connectivity index (χ1n) is 8.48. The Morgan fingerprint density at radius 2 is 2.12 bits per heavy atom. The van der Waals surface area contributed by atoms with Crippen molar-refractivity contribution < 1.29 is 9.53 Å². The number of nitrogens with one attached hydrogen (secondary N) is 1. The van der Waals surface area contributed by atoms with Crippen LogP contribution >= 0.6 is 11.3 Å². The molecule has 0 saturated carbocycles. The van der Waals surface area contributed by atoms with Crippen LogP contribution in [0.3, 0.4) is 0 Å². The van der Waals surface area contributed by atoms with Gasteiger partial charge in [-0.1, -0.05) is 6.07 Å². The monoisotopic (exact) mass is 369 g/mol. The SMILES string of the molecule is CCN(CC)c1ccc(/C=C(\C#N)C(=O)NCc2cccs2)c(OC)c1. The average molecular weight is 369 g/mol. The van der Waals surface area contributed by atoms with Crippen LogP contribution in [0.5, 0.6) is 5.75 Å². The molecule has 0 saturated heterocycles. The molecule has 136 valence electrons. The van der Waals surface area contributed by atoms with Crippen molar-refractivity contribution in [3.05, 3.63) is 51.7 Å². The number of nitriles is 1. The Hall–Kier alpha value is -2.78. The molecule has 0 spiro atoms. The summed E-state index contributed by atoms with van der Waals surface area (Å²) >= 11 is 1.56. The molecule has 0 unspecified atom stereocenters. The molecule has 1 heterocycles. The van der Waals surface area contributed by atoms with Crippen molar-refractivity contribution in [3.8, 4) is 11.8 Å². The van der Waals surface area contributed by atoms with Gasteiger partial charge >= 0.3 is 0 Å². The number of rotatable bonds is 8. The first-order valence-corrected chi connectivity index (χ1v) is 9.36. The van der Waals surface area contributed by atoms with Crippen LogP contribution < -0.4 is 15.0 Å². The molecule has 0 fully saturated rings. The van der Waals surface area contributed by atoms with Gasteiger partial charge in [-0.25, -0.2) is 0 Å². The van der Waals surface area contributed by atoms with Gasteiger partial charge in [0.15, 0.2) is 0 Å². The zero-order valence-electron chi connectivity index (χ0n) is 15.3. The number of hydrogen-bond acceptors (Lipinski definition) is 5. The quantitative estimate of drug-likeness (QED) is 0.567. The number of methoxy groups -OCH3 is 1. The fourth-order valence-electron chi connectivity index (χ4n) is 2.58. The van der Waals surface area contributed by atoms with E-state index in [1.807, 2.05) is 41.8 Å². The summed E-state index contributed by atoms with van der Waals surface area (Å²) in [5.41, 5.74) is 1.80. The van der Waals surface area contributed by atoms with Crippen LogP contribution in [0.25, 0.3) is 6.08 Å². The van der Waals surface area contributed by atoms with E-state index >= 15 is 0 Å². The van der Waals surface area contributed by atoms with E-state index in [2.05, 4.69) is 24.1 Å². The normalized spacial score (nSPS) is 10.9. The number of nitrogens with zero attached hydrogens (tertiary/aromatic N) is 2. The molecule has 1 aromatic carbocycles. The highest BCUT2D eigenvalue weighted by Gasteiger charge is 2.12. The van der Waals surface area contributed by atoms with Gasteiger partial charge in [0.05, 0.1) is 13.7 Å². The van der Waals surface area contributed by atoms with E-state index < -0.39 is 5.91 Å². The van der Waals surface area contributed by atoms with Crippen LogP contribution in [0.2, 0.25) is 0 Å². The number of anilines is 1. The van der Waals surface area contributed by atoms with Gasteiger partial charge in [-0.05, 0) is 43.5 Å². The van der Waals surface area contributed by atoms with Crippen molar-refractivity contribution in [2.24, 2.45) is 0 Å². The second-order valence-electron chi connectivity index (χ2n) is 5.53. The molecule has 0 aliphatic carbocycles. The highest BCUT2D eigenvalue weighted by atomic mass is 32.1. The van der Waals surface area contributed by atoms with E-state index in [0.29, 0.717) is 17.9 Å². The first-order chi connectivity index (χ1) is 12.6. The Balaban J connectivity index is 2.21. The molecule has 0 bridgehead atoms. The maximum Gasteiger partial charge on any atom is 0.262 e. The number of thiophene rings is 1. The Bertz CT molecular complexity index is 803. The summed E-state index contributed by atoms with van der Waals surface area (Å²) in [5, 5.41) is 14.1. The topological polar surface area (TPSA) is 65.4 Å².